The van der Waals surface area contributed by atoms with Crippen LogP contribution in [0, 0.1) is 0 Å². The SMILES string of the molecule is NC(=S)N/N=C(\c1ccccc1)C1(O)CCCCC1. The van der Waals surface area contributed by atoms with Gasteiger partial charge in [-0.1, -0.05) is 49.6 Å². The summed E-state index contributed by atoms with van der Waals surface area (Å²) in [5.74, 6) is 0. The molecule has 1 saturated carbocycles. The van der Waals surface area contributed by atoms with Crippen molar-refractivity contribution in [3.8, 4) is 0 Å². The Morgan fingerprint density at radius 3 is 2.42 bits per heavy atom. The predicted octanol–water partition coefficient (Wildman–Crippen LogP) is 1.92. The van der Waals surface area contributed by atoms with E-state index in [0.717, 1.165) is 37.7 Å². The van der Waals surface area contributed by atoms with Gasteiger partial charge in [-0.25, -0.2) is 0 Å². The highest BCUT2D eigenvalue weighted by Crippen LogP contribution is 2.31. The number of thiocarbonyl (C=S) groups is 1. The van der Waals surface area contributed by atoms with Crippen LogP contribution in [0.3, 0.4) is 0 Å². The quantitative estimate of drug-likeness (QED) is 0.448. The Balaban J connectivity index is 2.34. The average molecular weight is 277 g/mol. The van der Waals surface area contributed by atoms with Crippen LogP contribution in [0.1, 0.15) is 37.7 Å². The number of hydrogen-bond donors (Lipinski definition) is 3. The van der Waals surface area contributed by atoms with Gasteiger partial charge in [0.25, 0.3) is 0 Å². The topological polar surface area (TPSA) is 70.6 Å². The molecule has 0 amide bonds. The van der Waals surface area contributed by atoms with Gasteiger partial charge < -0.3 is 10.8 Å². The minimum Gasteiger partial charge on any atom is -0.383 e. The zero-order valence-corrected chi connectivity index (χ0v) is 11.6. The third-order valence-electron chi connectivity index (χ3n) is 3.45. The summed E-state index contributed by atoms with van der Waals surface area (Å²) in [5.41, 5.74) is 8.66. The molecule has 19 heavy (non-hydrogen) atoms. The van der Waals surface area contributed by atoms with Gasteiger partial charge in [-0.15, -0.1) is 0 Å². The molecule has 0 atom stereocenters. The second-order valence-electron chi connectivity index (χ2n) is 4.89. The van der Waals surface area contributed by atoms with Gasteiger partial charge in [0.05, 0.1) is 5.71 Å². The Kier molecular flexibility index (Phi) is 4.50. The number of hydrogen-bond acceptors (Lipinski definition) is 3. The molecule has 102 valence electrons. The van der Waals surface area contributed by atoms with E-state index in [9.17, 15) is 5.11 Å². The number of rotatable bonds is 3. The van der Waals surface area contributed by atoms with Gasteiger partial charge in [-0.05, 0) is 25.1 Å². The van der Waals surface area contributed by atoms with Crippen molar-refractivity contribution in [1.82, 2.24) is 5.43 Å². The molecular formula is C14H19N3OS. The lowest BCUT2D eigenvalue weighted by atomic mass is 9.79. The second kappa shape index (κ2) is 6.12. The van der Waals surface area contributed by atoms with Crippen molar-refractivity contribution >= 4 is 23.0 Å². The van der Waals surface area contributed by atoms with Crippen LogP contribution in [-0.4, -0.2) is 21.5 Å². The Morgan fingerprint density at radius 1 is 1.21 bits per heavy atom. The van der Waals surface area contributed by atoms with Crippen LogP contribution in [0.15, 0.2) is 35.4 Å². The minimum absolute atomic E-state index is 0.104. The largest absolute Gasteiger partial charge is 0.383 e. The summed E-state index contributed by atoms with van der Waals surface area (Å²) in [4.78, 5) is 0. The highest BCUT2D eigenvalue weighted by Gasteiger charge is 2.35. The number of nitrogens with one attached hydrogen (secondary N) is 1. The van der Waals surface area contributed by atoms with Gasteiger partial charge in [-0.2, -0.15) is 5.10 Å². The molecule has 1 fully saturated rings. The molecule has 0 aromatic heterocycles. The van der Waals surface area contributed by atoms with Gasteiger partial charge >= 0.3 is 0 Å². The van der Waals surface area contributed by atoms with Crippen molar-refractivity contribution in [2.45, 2.75) is 37.7 Å². The predicted molar refractivity (Wildman–Crippen MR) is 80.9 cm³/mol. The summed E-state index contributed by atoms with van der Waals surface area (Å²) < 4.78 is 0. The van der Waals surface area contributed by atoms with E-state index >= 15 is 0 Å². The molecule has 0 heterocycles. The van der Waals surface area contributed by atoms with Gasteiger partial charge in [0.1, 0.15) is 5.60 Å². The molecule has 5 heteroatoms. The van der Waals surface area contributed by atoms with Crippen molar-refractivity contribution < 1.29 is 5.11 Å². The first-order chi connectivity index (χ1) is 9.12. The molecule has 1 aromatic rings. The Morgan fingerprint density at radius 2 is 1.84 bits per heavy atom. The van der Waals surface area contributed by atoms with Crippen LogP contribution in [0.2, 0.25) is 0 Å². The molecule has 4 N–H and O–H groups in total. The maximum absolute atomic E-state index is 10.8. The van der Waals surface area contributed by atoms with E-state index in [4.69, 9.17) is 18.0 Å². The summed E-state index contributed by atoms with van der Waals surface area (Å²) in [6.45, 7) is 0. The number of nitrogens with zero attached hydrogens (tertiary/aromatic N) is 1. The maximum atomic E-state index is 10.8. The van der Waals surface area contributed by atoms with Gasteiger partial charge in [0.2, 0.25) is 0 Å². The van der Waals surface area contributed by atoms with Crippen LogP contribution in [-0.2, 0) is 0 Å². The standard InChI is InChI=1S/C14H19N3OS/c15-13(19)17-16-12(11-7-3-1-4-8-11)14(18)9-5-2-6-10-14/h1,3-4,7-8,18H,2,5-6,9-10H2,(H3,15,17,19)/b16-12+. The van der Waals surface area contributed by atoms with E-state index in [2.05, 4.69) is 10.5 Å². The maximum Gasteiger partial charge on any atom is 0.184 e. The van der Waals surface area contributed by atoms with Crippen LogP contribution in [0.5, 0.6) is 0 Å². The molecule has 0 spiro atoms. The van der Waals surface area contributed by atoms with Crippen molar-refractivity contribution in [2.24, 2.45) is 10.8 Å². The molecule has 1 aliphatic rings. The number of aliphatic hydroxyl groups is 1. The monoisotopic (exact) mass is 277 g/mol. The van der Waals surface area contributed by atoms with Crippen LogP contribution >= 0.6 is 12.2 Å². The molecule has 0 aliphatic heterocycles. The zero-order chi connectivity index (χ0) is 13.7. The molecule has 0 bridgehead atoms. The third-order valence-corrected chi connectivity index (χ3v) is 3.54. The van der Waals surface area contributed by atoms with E-state index < -0.39 is 5.60 Å². The van der Waals surface area contributed by atoms with Crippen molar-refractivity contribution in [1.29, 1.82) is 0 Å². The van der Waals surface area contributed by atoms with Gasteiger partial charge in [-0.3, -0.25) is 5.43 Å². The van der Waals surface area contributed by atoms with Crippen molar-refractivity contribution in [2.75, 3.05) is 0 Å². The number of nitrogens with two attached hydrogens (primary N) is 1. The number of hydrazone groups is 1. The molecule has 2 rings (SSSR count). The van der Waals surface area contributed by atoms with Crippen LogP contribution in [0.4, 0.5) is 0 Å². The lowest BCUT2D eigenvalue weighted by Gasteiger charge is -2.33. The van der Waals surface area contributed by atoms with Crippen molar-refractivity contribution in [3.05, 3.63) is 35.9 Å². The first-order valence-corrected chi connectivity index (χ1v) is 6.94. The second-order valence-corrected chi connectivity index (χ2v) is 5.33. The first-order valence-electron chi connectivity index (χ1n) is 6.53. The fourth-order valence-electron chi connectivity index (χ4n) is 2.52. The highest BCUT2D eigenvalue weighted by molar-refractivity contribution is 7.80. The lowest BCUT2D eigenvalue weighted by molar-refractivity contribution is 0.0711. The van der Waals surface area contributed by atoms with Gasteiger partial charge in [0, 0.05) is 5.56 Å². The summed E-state index contributed by atoms with van der Waals surface area (Å²) in [6.07, 6.45) is 4.62. The molecule has 4 nitrogen and oxygen atoms in total. The third kappa shape index (κ3) is 3.52. The molecular weight excluding hydrogens is 258 g/mol. The van der Waals surface area contributed by atoms with E-state index in [1.807, 2.05) is 30.3 Å². The normalized spacial score (nSPS) is 18.9. The zero-order valence-electron chi connectivity index (χ0n) is 10.8. The lowest BCUT2D eigenvalue weighted by Crippen LogP contribution is -2.42. The van der Waals surface area contributed by atoms with Crippen molar-refractivity contribution in [3.63, 3.8) is 0 Å². The van der Waals surface area contributed by atoms with E-state index in [0.29, 0.717) is 5.71 Å². The Hall–Kier alpha value is -1.46. The molecule has 1 aromatic carbocycles. The minimum atomic E-state index is -0.891. The van der Waals surface area contributed by atoms with E-state index in [-0.39, 0.29) is 5.11 Å². The highest BCUT2D eigenvalue weighted by atomic mass is 32.1. The summed E-state index contributed by atoms with van der Waals surface area (Å²) in [6, 6.07) is 9.67. The fourth-order valence-corrected chi connectivity index (χ4v) is 2.56. The van der Waals surface area contributed by atoms with Gasteiger partial charge in [0.15, 0.2) is 5.11 Å². The smallest absolute Gasteiger partial charge is 0.184 e. The molecule has 0 saturated heterocycles. The van der Waals surface area contributed by atoms with Crippen LogP contribution < -0.4 is 11.2 Å². The summed E-state index contributed by atoms with van der Waals surface area (Å²) in [5, 5.41) is 15.2. The molecule has 0 unspecified atom stereocenters. The fraction of sp³-hybridized carbons (Fsp3) is 0.429. The van der Waals surface area contributed by atoms with E-state index in [1.165, 1.54) is 0 Å². The first kappa shape index (κ1) is 14.0. The Bertz CT molecular complexity index is 467. The Labute approximate surface area is 118 Å². The molecule has 0 radical (unpaired) electrons. The molecule has 1 aliphatic carbocycles. The average Bonchev–Trinajstić information content (AvgIpc) is 2.40. The van der Waals surface area contributed by atoms with Crippen LogP contribution in [0.25, 0.3) is 0 Å². The number of benzene rings is 1. The summed E-state index contributed by atoms with van der Waals surface area (Å²) in [7, 11) is 0. The van der Waals surface area contributed by atoms with E-state index in [1.54, 1.807) is 0 Å². The summed E-state index contributed by atoms with van der Waals surface area (Å²) >= 11 is 4.78.